The summed E-state index contributed by atoms with van der Waals surface area (Å²) < 4.78 is 0. The number of nitrogens with one attached hydrogen (secondary N) is 1. The number of hydrogen-bond acceptors (Lipinski definition) is 2. The first-order chi connectivity index (χ1) is 8.54. The van der Waals surface area contributed by atoms with Crippen molar-refractivity contribution < 1.29 is 9.90 Å². The van der Waals surface area contributed by atoms with E-state index in [9.17, 15) is 4.79 Å². The monoisotopic (exact) mass is 257 g/mol. The van der Waals surface area contributed by atoms with Gasteiger partial charge in [0.1, 0.15) is 0 Å². The summed E-state index contributed by atoms with van der Waals surface area (Å²) in [5.74, 6) is -0.557. The van der Waals surface area contributed by atoms with Gasteiger partial charge in [0, 0.05) is 20.0 Å². The molecule has 0 aromatic carbocycles. The Morgan fingerprint density at radius 3 is 1.94 bits per heavy atom. The molecule has 0 unspecified atom stereocenters. The quantitative estimate of drug-likeness (QED) is 0.301. The maximum atomic E-state index is 10.3. The average Bonchev–Trinajstić information content (AvgIpc) is 2.30. The molecule has 0 rings (SSSR count). The van der Waals surface area contributed by atoms with Crippen LogP contribution in [0.15, 0.2) is 0 Å². The Morgan fingerprint density at radius 1 is 1.06 bits per heavy atom. The summed E-state index contributed by atoms with van der Waals surface area (Å²) in [7, 11) is 1.84. The van der Waals surface area contributed by atoms with Crippen molar-refractivity contribution in [3.05, 3.63) is 0 Å². The molecule has 0 aromatic rings. The molecule has 0 aromatic heterocycles. The van der Waals surface area contributed by atoms with Crippen molar-refractivity contribution in [2.75, 3.05) is 13.6 Å². The van der Waals surface area contributed by atoms with Crippen LogP contribution in [0.25, 0.3) is 0 Å². The van der Waals surface area contributed by atoms with Crippen LogP contribution in [0.5, 0.6) is 0 Å². The van der Waals surface area contributed by atoms with Gasteiger partial charge < -0.3 is 15.7 Å². The maximum Gasteiger partial charge on any atom is 0.303 e. The third kappa shape index (κ3) is 11.2. The maximum absolute atomic E-state index is 10.3. The van der Waals surface area contributed by atoms with Crippen molar-refractivity contribution in [2.24, 2.45) is 5.73 Å². The largest absolute Gasteiger partial charge is 0.481 e. The summed E-state index contributed by atoms with van der Waals surface area (Å²) in [5, 5.41) is 15.7. The molecule has 0 spiro atoms. The van der Waals surface area contributed by atoms with Crippen molar-refractivity contribution >= 4 is 11.9 Å². The molecule has 4 N–H and O–H groups in total. The van der Waals surface area contributed by atoms with Crippen molar-refractivity contribution in [3.8, 4) is 0 Å². The third-order valence-electron chi connectivity index (χ3n) is 3.05. The van der Waals surface area contributed by atoms with Gasteiger partial charge in [-0.2, -0.15) is 0 Å². The Hall–Kier alpha value is -1.26. The molecule has 5 heteroatoms. The fourth-order valence-electron chi connectivity index (χ4n) is 1.81. The molecule has 0 atom stereocenters. The second-order valence-corrected chi connectivity index (χ2v) is 4.78. The Kier molecular flexibility index (Phi) is 10.1. The van der Waals surface area contributed by atoms with Crippen molar-refractivity contribution in [2.45, 2.75) is 57.8 Å². The van der Waals surface area contributed by atoms with E-state index < -0.39 is 5.97 Å². The van der Waals surface area contributed by atoms with Gasteiger partial charge in [-0.05, 0) is 12.8 Å². The smallest absolute Gasteiger partial charge is 0.303 e. The Labute approximate surface area is 110 Å². The van der Waals surface area contributed by atoms with Crippen molar-refractivity contribution in [3.63, 3.8) is 0 Å². The highest BCUT2D eigenvalue weighted by Gasteiger charge is 1.99. The summed E-state index contributed by atoms with van der Waals surface area (Å²) in [5.41, 5.74) is 5.33. The van der Waals surface area contributed by atoms with Gasteiger partial charge in [-0.3, -0.25) is 10.2 Å². The Balaban J connectivity index is 3.12. The SMILES string of the molecule is CN(CCCCCCCCCCC(=O)O)C(=N)N. The van der Waals surface area contributed by atoms with E-state index in [-0.39, 0.29) is 5.96 Å². The van der Waals surface area contributed by atoms with Crippen LogP contribution in [0, 0.1) is 5.41 Å². The zero-order valence-electron chi connectivity index (χ0n) is 11.5. The van der Waals surface area contributed by atoms with E-state index in [1.807, 2.05) is 7.05 Å². The normalized spacial score (nSPS) is 10.3. The summed E-state index contributed by atoms with van der Waals surface area (Å²) in [6.07, 6.45) is 9.15. The number of hydrogen-bond donors (Lipinski definition) is 3. The van der Waals surface area contributed by atoms with Gasteiger partial charge in [-0.1, -0.05) is 38.5 Å². The highest BCUT2D eigenvalue weighted by Crippen LogP contribution is 2.09. The zero-order chi connectivity index (χ0) is 13.8. The highest BCUT2D eigenvalue weighted by molar-refractivity contribution is 5.74. The van der Waals surface area contributed by atoms with Gasteiger partial charge in [-0.15, -0.1) is 0 Å². The summed E-state index contributed by atoms with van der Waals surface area (Å²) in [6.45, 7) is 0.855. The number of aliphatic carboxylic acids is 1. The van der Waals surface area contributed by atoms with E-state index in [1.165, 1.54) is 25.7 Å². The van der Waals surface area contributed by atoms with Crippen LogP contribution >= 0.6 is 0 Å². The first-order valence-electron chi connectivity index (χ1n) is 6.81. The fraction of sp³-hybridized carbons (Fsp3) is 0.846. The first-order valence-corrected chi connectivity index (χ1v) is 6.81. The molecular weight excluding hydrogens is 230 g/mol. The zero-order valence-corrected chi connectivity index (χ0v) is 11.5. The predicted octanol–water partition coefficient (Wildman–Crippen LogP) is 2.41. The molecule has 0 aliphatic carbocycles. The molecule has 0 saturated carbocycles. The predicted molar refractivity (Wildman–Crippen MR) is 73.7 cm³/mol. The minimum Gasteiger partial charge on any atom is -0.481 e. The summed E-state index contributed by atoms with van der Waals surface area (Å²) in [6, 6.07) is 0. The van der Waals surface area contributed by atoms with E-state index in [0.29, 0.717) is 6.42 Å². The number of guanidine groups is 1. The Bertz CT molecular complexity index is 244. The fourth-order valence-corrected chi connectivity index (χ4v) is 1.81. The molecule has 106 valence electrons. The van der Waals surface area contributed by atoms with E-state index in [2.05, 4.69) is 0 Å². The van der Waals surface area contributed by atoms with Crippen LogP contribution in [-0.4, -0.2) is 35.5 Å². The molecule has 0 amide bonds. The van der Waals surface area contributed by atoms with E-state index in [0.717, 1.165) is 32.2 Å². The van der Waals surface area contributed by atoms with Gasteiger partial charge in [-0.25, -0.2) is 0 Å². The van der Waals surface area contributed by atoms with Gasteiger partial charge in [0.15, 0.2) is 5.96 Å². The lowest BCUT2D eigenvalue weighted by molar-refractivity contribution is -0.137. The van der Waals surface area contributed by atoms with Crippen LogP contribution < -0.4 is 5.73 Å². The molecule has 0 saturated heterocycles. The molecule has 0 radical (unpaired) electrons. The molecule has 0 fully saturated rings. The Morgan fingerprint density at radius 2 is 1.50 bits per heavy atom. The van der Waals surface area contributed by atoms with Crippen LogP contribution in [0.1, 0.15) is 57.8 Å². The molecule has 5 nitrogen and oxygen atoms in total. The van der Waals surface area contributed by atoms with Crippen LogP contribution in [0.3, 0.4) is 0 Å². The van der Waals surface area contributed by atoms with Crippen molar-refractivity contribution in [1.82, 2.24) is 4.90 Å². The van der Waals surface area contributed by atoms with Crippen LogP contribution in [-0.2, 0) is 4.79 Å². The number of rotatable bonds is 11. The molecule has 0 bridgehead atoms. The van der Waals surface area contributed by atoms with Gasteiger partial charge in [0.05, 0.1) is 0 Å². The number of nitrogens with zero attached hydrogens (tertiary/aromatic N) is 1. The van der Waals surface area contributed by atoms with Crippen LogP contribution in [0.2, 0.25) is 0 Å². The minimum atomic E-state index is -0.690. The van der Waals surface area contributed by atoms with Gasteiger partial charge in [0.25, 0.3) is 0 Å². The molecule has 0 aliphatic heterocycles. The number of carboxylic acids is 1. The van der Waals surface area contributed by atoms with E-state index >= 15 is 0 Å². The lowest BCUT2D eigenvalue weighted by Gasteiger charge is -2.15. The number of carboxylic acid groups (broad SMARTS) is 1. The average molecular weight is 257 g/mol. The molecule has 18 heavy (non-hydrogen) atoms. The number of nitrogens with two attached hydrogens (primary N) is 1. The summed E-state index contributed by atoms with van der Waals surface area (Å²) in [4.78, 5) is 12.0. The van der Waals surface area contributed by atoms with E-state index in [1.54, 1.807) is 4.90 Å². The second-order valence-electron chi connectivity index (χ2n) is 4.78. The summed E-state index contributed by atoms with van der Waals surface area (Å²) >= 11 is 0. The van der Waals surface area contributed by atoms with Crippen LogP contribution in [0.4, 0.5) is 0 Å². The lowest BCUT2D eigenvalue weighted by Crippen LogP contribution is -2.33. The van der Waals surface area contributed by atoms with E-state index in [4.69, 9.17) is 16.2 Å². The molecule has 0 aliphatic rings. The lowest BCUT2D eigenvalue weighted by atomic mass is 10.1. The first kappa shape index (κ1) is 16.7. The molecule has 0 heterocycles. The number of unbranched alkanes of at least 4 members (excludes halogenated alkanes) is 7. The van der Waals surface area contributed by atoms with Gasteiger partial charge in [0.2, 0.25) is 0 Å². The van der Waals surface area contributed by atoms with Gasteiger partial charge >= 0.3 is 5.97 Å². The second kappa shape index (κ2) is 10.9. The molecular formula is C13H27N3O2. The highest BCUT2D eigenvalue weighted by atomic mass is 16.4. The third-order valence-corrected chi connectivity index (χ3v) is 3.05. The number of carbonyl (C=O) groups is 1. The topological polar surface area (TPSA) is 90.4 Å². The minimum absolute atomic E-state index is 0.133. The standard InChI is InChI=1S/C13H27N3O2/c1-16(13(14)15)11-9-7-5-3-2-4-6-8-10-12(17)18/h2-11H2,1H3,(H3,14,15)(H,17,18). The van der Waals surface area contributed by atoms with Crippen molar-refractivity contribution in [1.29, 1.82) is 5.41 Å².